The van der Waals surface area contributed by atoms with E-state index in [-0.39, 0.29) is 17.0 Å². The van der Waals surface area contributed by atoms with Gasteiger partial charge in [-0.2, -0.15) is 0 Å². The number of ether oxygens (including phenoxy) is 2. The number of hydrogen-bond acceptors (Lipinski definition) is 6. The molecule has 0 radical (unpaired) electrons. The lowest BCUT2D eigenvalue weighted by Gasteiger charge is -2.27. The Labute approximate surface area is 131 Å². The second-order valence-corrected chi connectivity index (χ2v) is 5.14. The Bertz CT molecular complexity index is 855. The second-order valence-electron chi connectivity index (χ2n) is 5.14. The Morgan fingerprint density at radius 1 is 1.39 bits per heavy atom. The quantitative estimate of drug-likeness (QED) is 0.799. The van der Waals surface area contributed by atoms with Gasteiger partial charge in [-0.05, 0) is 24.6 Å². The first-order chi connectivity index (χ1) is 11.0. The molecule has 0 aliphatic carbocycles. The molecule has 0 bridgehead atoms. The van der Waals surface area contributed by atoms with Crippen LogP contribution in [0.3, 0.4) is 0 Å². The molecule has 0 saturated heterocycles. The first kappa shape index (κ1) is 14.8. The van der Waals surface area contributed by atoms with Crippen molar-refractivity contribution in [2.45, 2.75) is 12.8 Å². The number of esters is 1. The van der Waals surface area contributed by atoms with Crippen molar-refractivity contribution in [2.24, 2.45) is 5.73 Å². The van der Waals surface area contributed by atoms with E-state index in [0.29, 0.717) is 22.6 Å². The normalized spacial score (nSPS) is 16.5. The zero-order valence-electron chi connectivity index (χ0n) is 12.6. The minimum atomic E-state index is -0.682. The summed E-state index contributed by atoms with van der Waals surface area (Å²) in [5, 5.41) is 0. The summed E-state index contributed by atoms with van der Waals surface area (Å²) < 4.78 is 10.3. The number of rotatable bonds is 2. The number of aromatic nitrogens is 2. The summed E-state index contributed by atoms with van der Waals surface area (Å²) in [7, 11) is 1.25. The summed E-state index contributed by atoms with van der Waals surface area (Å²) in [5.74, 6) is -1.07. The molecule has 118 valence electrons. The lowest BCUT2D eigenvalue weighted by atomic mass is 9.84. The molecule has 0 saturated carbocycles. The molecular weight excluding hydrogens is 298 g/mol. The minimum absolute atomic E-state index is 0.0730. The molecule has 7 heteroatoms. The van der Waals surface area contributed by atoms with Crippen LogP contribution in [0.25, 0.3) is 0 Å². The summed E-state index contributed by atoms with van der Waals surface area (Å²) >= 11 is 0. The Balaban J connectivity index is 2.31. The van der Waals surface area contributed by atoms with Crippen LogP contribution in [0.2, 0.25) is 0 Å². The maximum Gasteiger partial charge on any atom is 0.340 e. The number of hydrogen-bond donors (Lipinski definition) is 2. The number of aryl methyl sites for hydroxylation is 1. The van der Waals surface area contributed by atoms with Crippen molar-refractivity contribution in [3.05, 3.63) is 69.2 Å². The van der Waals surface area contributed by atoms with Gasteiger partial charge in [0, 0.05) is 24.2 Å². The van der Waals surface area contributed by atoms with Crippen molar-refractivity contribution in [1.82, 2.24) is 9.97 Å². The molecule has 1 aliphatic heterocycles. The van der Waals surface area contributed by atoms with Gasteiger partial charge in [-0.25, -0.2) is 4.79 Å². The molecule has 0 spiro atoms. The lowest BCUT2D eigenvalue weighted by Crippen LogP contribution is -2.31. The van der Waals surface area contributed by atoms with Crippen molar-refractivity contribution in [2.75, 3.05) is 7.11 Å². The molecule has 7 nitrogen and oxygen atoms in total. The van der Waals surface area contributed by atoms with E-state index in [4.69, 9.17) is 15.2 Å². The Morgan fingerprint density at radius 2 is 2.09 bits per heavy atom. The summed E-state index contributed by atoms with van der Waals surface area (Å²) in [6, 6.07) is 5.11. The van der Waals surface area contributed by atoms with Crippen molar-refractivity contribution < 1.29 is 14.3 Å². The van der Waals surface area contributed by atoms with Gasteiger partial charge in [0.15, 0.2) is 0 Å². The molecule has 0 aromatic carbocycles. The van der Waals surface area contributed by atoms with Gasteiger partial charge >= 0.3 is 5.97 Å². The Morgan fingerprint density at radius 3 is 2.74 bits per heavy atom. The van der Waals surface area contributed by atoms with Crippen LogP contribution in [-0.4, -0.2) is 23.0 Å². The van der Waals surface area contributed by atoms with Crippen LogP contribution >= 0.6 is 0 Å². The van der Waals surface area contributed by atoms with Crippen LogP contribution in [0, 0.1) is 6.92 Å². The maximum atomic E-state index is 12.5. The predicted molar refractivity (Wildman–Crippen MR) is 81.7 cm³/mol. The van der Waals surface area contributed by atoms with E-state index >= 15 is 0 Å². The third-order valence-corrected chi connectivity index (χ3v) is 3.68. The third-order valence-electron chi connectivity index (χ3n) is 3.68. The van der Waals surface area contributed by atoms with Crippen molar-refractivity contribution in [3.8, 4) is 5.75 Å². The first-order valence-corrected chi connectivity index (χ1v) is 6.92. The molecule has 1 atom stereocenters. The van der Waals surface area contributed by atoms with Crippen LogP contribution in [0.4, 0.5) is 0 Å². The number of fused-ring (bicyclic) bond motifs is 1. The highest BCUT2D eigenvalue weighted by molar-refractivity contribution is 5.92. The number of carbonyl (C=O) groups excluding carboxylic acids is 1. The van der Waals surface area contributed by atoms with Crippen LogP contribution in [0.1, 0.15) is 22.7 Å². The van der Waals surface area contributed by atoms with E-state index in [1.54, 1.807) is 37.5 Å². The molecule has 0 amide bonds. The molecule has 1 aliphatic rings. The average molecular weight is 313 g/mol. The number of methoxy groups -OCH3 is 1. The minimum Gasteiger partial charge on any atom is -0.465 e. The average Bonchev–Trinajstić information content (AvgIpc) is 2.53. The Hall–Kier alpha value is -3.09. The van der Waals surface area contributed by atoms with Gasteiger partial charge in [0.25, 0.3) is 5.56 Å². The molecule has 3 rings (SSSR count). The number of nitrogens with zero attached hydrogens (tertiary/aromatic N) is 1. The van der Waals surface area contributed by atoms with Crippen molar-refractivity contribution in [3.63, 3.8) is 0 Å². The largest absolute Gasteiger partial charge is 0.465 e. The fourth-order valence-corrected chi connectivity index (χ4v) is 2.70. The molecule has 3 heterocycles. The molecule has 0 unspecified atom stereocenters. The molecule has 2 aromatic rings. The fourth-order valence-electron chi connectivity index (χ4n) is 2.70. The highest BCUT2D eigenvalue weighted by Crippen LogP contribution is 2.40. The van der Waals surface area contributed by atoms with Gasteiger partial charge in [-0.15, -0.1) is 0 Å². The number of nitrogens with one attached hydrogen (secondary N) is 1. The van der Waals surface area contributed by atoms with E-state index in [1.165, 1.54) is 7.11 Å². The SMILES string of the molecule is COC(=O)C1=C(N)Oc2cc(C)[nH]c(=O)c2[C@H]1c1ccncc1. The van der Waals surface area contributed by atoms with Crippen LogP contribution in [-0.2, 0) is 9.53 Å². The van der Waals surface area contributed by atoms with Crippen LogP contribution in [0.15, 0.2) is 46.8 Å². The van der Waals surface area contributed by atoms with E-state index < -0.39 is 11.9 Å². The van der Waals surface area contributed by atoms with Crippen molar-refractivity contribution >= 4 is 5.97 Å². The lowest BCUT2D eigenvalue weighted by molar-refractivity contribution is -0.136. The summed E-state index contributed by atoms with van der Waals surface area (Å²) in [4.78, 5) is 31.3. The van der Waals surface area contributed by atoms with Gasteiger partial charge in [-0.1, -0.05) is 0 Å². The van der Waals surface area contributed by atoms with Gasteiger partial charge in [0.05, 0.1) is 18.6 Å². The molecule has 2 aromatic heterocycles. The topological polar surface area (TPSA) is 107 Å². The van der Waals surface area contributed by atoms with Gasteiger partial charge in [0.2, 0.25) is 5.88 Å². The molecular formula is C16H15N3O4. The highest BCUT2D eigenvalue weighted by Gasteiger charge is 2.37. The molecule has 3 N–H and O–H groups in total. The standard InChI is InChI=1S/C16H15N3O4/c1-8-7-10-12(15(20)19-8)11(9-3-5-18-6-4-9)13(14(17)23-10)16(21)22-2/h3-7,11H,17H2,1-2H3,(H,19,20)/t11-/m1/s1. The monoisotopic (exact) mass is 313 g/mol. The molecule has 23 heavy (non-hydrogen) atoms. The smallest absolute Gasteiger partial charge is 0.340 e. The maximum absolute atomic E-state index is 12.5. The van der Waals surface area contributed by atoms with Gasteiger partial charge < -0.3 is 20.2 Å². The summed E-state index contributed by atoms with van der Waals surface area (Å²) in [6.07, 6.45) is 3.16. The Kier molecular flexibility index (Phi) is 3.61. The number of nitrogens with two attached hydrogens (primary N) is 1. The fraction of sp³-hybridized carbons (Fsp3) is 0.188. The zero-order valence-corrected chi connectivity index (χ0v) is 12.6. The number of H-pyrrole nitrogens is 1. The van der Waals surface area contributed by atoms with Gasteiger partial charge in [-0.3, -0.25) is 9.78 Å². The zero-order chi connectivity index (χ0) is 16.6. The highest BCUT2D eigenvalue weighted by atomic mass is 16.5. The van der Waals surface area contributed by atoms with Gasteiger partial charge in [0.1, 0.15) is 11.3 Å². The van der Waals surface area contributed by atoms with Crippen molar-refractivity contribution in [1.29, 1.82) is 0 Å². The van der Waals surface area contributed by atoms with Crippen LogP contribution in [0.5, 0.6) is 5.75 Å². The second kappa shape index (κ2) is 5.60. The van der Waals surface area contributed by atoms with E-state index in [2.05, 4.69) is 9.97 Å². The first-order valence-electron chi connectivity index (χ1n) is 6.92. The van der Waals surface area contributed by atoms with E-state index in [9.17, 15) is 9.59 Å². The summed E-state index contributed by atoms with van der Waals surface area (Å²) in [5.41, 5.74) is 7.34. The number of aromatic amines is 1. The molecule has 0 fully saturated rings. The van der Waals surface area contributed by atoms with E-state index in [0.717, 1.165) is 0 Å². The van der Waals surface area contributed by atoms with E-state index in [1.807, 2.05) is 0 Å². The number of carbonyl (C=O) groups is 1. The van der Waals surface area contributed by atoms with Crippen LogP contribution < -0.4 is 16.0 Å². The predicted octanol–water partition coefficient (Wildman–Crippen LogP) is 0.946. The third kappa shape index (κ3) is 2.46. The number of pyridine rings is 2. The summed E-state index contributed by atoms with van der Waals surface area (Å²) in [6.45, 7) is 1.74.